The van der Waals surface area contributed by atoms with Crippen LogP contribution in [0.4, 0.5) is 4.39 Å². The molecule has 0 aliphatic heterocycles. The van der Waals surface area contributed by atoms with Gasteiger partial charge in [-0.1, -0.05) is 32.4 Å². The number of hydrogen-bond donors (Lipinski definition) is 0. The van der Waals surface area contributed by atoms with Crippen molar-refractivity contribution in [1.82, 2.24) is 4.98 Å². The maximum Gasteiger partial charge on any atom is 0.317 e. The monoisotopic (exact) mass is 177 g/mol. The predicted octanol–water partition coefficient (Wildman–Crippen LogP) is 2.76. The van der Waals surface area contributed by atoms with Crippen molar-refractivity contribution in [3.05, 3.63) is 17.1 Å². The number of hydrogen-bond acceptors (Lipinski definition) is 2. The Morgan fingerprint density at radius 3 is 2.18 bits per heavy atom. The number of nitrogens with zero attached hydrogens (tertiary/aromatic N) is 1. The SMILES string of the molecule is CC(C)(C)c1nc(Cl)c(F)o1. The molecule has 0 amide bonds. The molecule has 0 aliphatic carbocycles. The highest BCUT2D eigenvalue weighted by atomic mass is 35.5. The molecule has 4 heteroatoms. The Hall–Kier alpha value is -0.570. The van der Waals surface area contributed by atoms with E-state index in [0.717, 1.165) is 0 Å². The molecular formula is C7H9ClFNO. The molecule has 1 aromatic heterocycles. The Morgan fingerprint density at radius 2 is 2.00 bits per heavy atom. The molecule has 0 saturated carbocycles. The van der Waals surface area contributed by atoms with Crippen molar-refractivity contribution in [2.24, 2.45) is 0 Å². The lowest BCUT2D eigenvalue weighted by molar-refractivity contribution is 0.297. The van der Waals surface area contributed by atoms with Crippen LogP contribution in [0.25, 0.3) is 0 Å². The highest BCUT2D eigenvalue weighted by Gasteiger charge is 2.22. The zero-order valence-corrected chi connectivity index (χ0v) is 7.37. The Morgan fingerprint density at radius 1 is 1.45 bits per heavy atom. The van der Waals surface area contributed by atoms with E-state index in [2.05, 4.69) is 9.40 Å². The van der Waals surface area contributed by atoms with Crippen LogP contribution in [0.2, 0.25) is 5.15 Å². The zero-order valence-electron chi connectivity index (χ0n) is 6.61. The summed E-state index contributed by atoms with van der Waals surface area (Å²) in [5.41, 5.74) is -0.298. The molecule has 1 rings (SSSR count). The summed E-state index contributed by atoms with van der Waals surface area (Å²) in [5.74, 6) is 0.319. The summed E-state index contributed by atoms with van der Waals surface area (Å²) >= 11 is 5.36. The lowest BCUT2D eigenvalue weighted by Crippen LogP contribution is -2.11. The Labute approximate surface area is 69.4 Å². The molecule has 0 aliphatic rings. The molecule has 62 valence electrons. The summed E-state index contributed by atoms with van der Waals surface area (Å²) in [6.45, 7) is 5.61. The second-order valence-corrected chi connectivity index (χ2v) is 3.69. The molecule has 0 unspecified atom stereocenters. The third-order valence-corrected chi connectivity index (χ3v) is 1.42. The Kier molecular flexibility index (Phi) is 1.92. The standard InChI is InChI=1S/C7H9ClFNO/c1-7(2,3)6-10-4(8)5(9)11-6/h1-3H3. The molecule has 0 fully saturated rings. The first-order valence-corrected chi connectivity index (χ1v) is 3.61. The van der Waals surface area contributed by atoms with E-state index in [1.807, 2.05) is 20.8 Å². The second kappa shape index (κ2) is 2.48. The van der Waals surface area contributed by atoms with Crippen molar-refractivity contribution in [3.8, 4) is 0 Å². The van der Waals surface area contributed by atoms with E-state index in [0.29, 0.717) is 5.89 Å². The van der Waals surface area contributed by atoms with Crippen LogP contribution in [0, 0.1) is 6.01 Å². The molecule has 0 bridgehead atoms. The molecule has 11 heavy (non-hydrogen) atoms. The minimum atomic E-state index is -0.809. The van der Waals surface area contributed by atoms with E-state index in [4.69, 9.17) is 11.6 Å². The summed E-state index contributed by atoms with van der Waals surface area (Å²) in [5, 5.41) is -0.199. The van der Waals surface area contributed by atoms with Gasteiger partial charge < -0.3 is 4.42 Å². The summed E-state index contributed by atoms with van der Waals surface area (Å²) < 4.78 is 17.2. The highest BCUT2D eigenvalue weighted by Crippen LogP contribution is 2.24. The van der Waals surface area contributed by atoms with Gasteiger partial charge in [0.25, 0.3) is 0 Å². The fraction of sp³-hybridized carbons (Fsp3) is 0.571. The maximum absolute atomic E-state index is 12.5. The summed E-state index contributed by atoms with van der Waals surface area (Å²) in [7, 11) is 0. The lowest BCUT2D eigenvalue weighted by atomic mass is 9.97. The summed E-state index contributed by atoms with van der Waals surface area (Å²) in [6.07, 6.45) is 0. The number of aromatic nitrogens is 1. The largest absolute Gasteiger partial charge is 0.414 e. The number of halogens is 2. The first-order chi connectivity index (χ1) is 4.91. The van der Waals surface area contributed by atoms with Gasteiger partial charge in [0.2, 0.25) is 11.0 Å². The van der Waals surface area contributed by atoms with E-state index in [1.54, 1.807) is 0 Å². The van der Waals surface area contributed by atoms with Crippen molar-refractivity contribution in [3.63, 3.8) is 0 Å². The highest BCUT2D eigenvalue weighted by molar-refractivity contribution is 6.29. The molecule has 1 aromatic rings. The van der Waals surface area contributed by atoms with E-state index in [1.165, 1.54) is 0 Å². The van der Waals surface area contributed by atoms with Gasteiger partial charge in [-0.2, -0.15) is 9.37 Å². The molecule has 0 aromatic carbocycles. The molecule has 2 nitrogen and oxygen atoms in total. The van der Waals surface area contributed by atoms with Crippen molar-refractivity contribution >= 4 is 11.6 Å². The molecular weight excluding hydrogens is 169 g/mol. The molecule has 1 heterocycles. The van der Waals surface area contributed by atoms with E-state index < -0.39 is 6.01 Å². The summed E-state index contributed by atoms with van der Waals surface area (Å²) in [6, 6.07) is -0.809. The third-order valence-electron chi connectivity index (χ3n) is 1.19. The number of oxazole rings is 1. The van der Waals surface area contributed by atoms with Gasteiger partial charge in [0.05, 0.1) is 0 Å². The van der Waals surface area contributed by atoms with Gasteiger partial charge in [0.1, 0.15) is 0 Å². The van der Waals surface area contributed by atoms with Crippen LogP contribution in [0.1, 0.15) is 26.7 Å². The Balaban J connectivity index is 3.08. The first-order valence-electron chi connectivity index (χ1n) is 3.23. The fourth-order valence-electron chi connectivity index (χ4n) is 0.604. The molecule has 0 saturated heterocycles. The zero-order chi connectivity index (χ0) is 8.65. The van der Waals surface area contributed by atoms with Crippen LogP contribution in [0.5, 0.6) is 0 Å². The van der Waals surface area contributed by atoms with Crippen molar-refractivity contribution in [1.29, 1.82) is 0 Å². The van der Waals surface area contributed by atoms with Crippen LogP contribution < -0.4 is 0 Å². The molecule has 0 atom stereocenters. The van der Waals surface area contributed by atoms with E-state index in [9.17, 15) is 4.39 Å². The van der Waals surface area contributed by atoms with E-state index in [-0.39, 0.29) is 10.6 Å². The molecule has 0 N–H and O–H groups in total. The van der Waals surface area contributed by atoms with Crippen molar-refractivity contribution < 1.29 is 8.81 Å². The average Bonchev–Trinajstić information content (AvgIpc) is 2.11. The van der Waals surface area contributed by atoms with Gasteiger partial charge in [-0.3, -0.25) is 0 Å². The molecule has 0 spiro atoms. The predicted molar refractivity (Wildman–Crippen MR) is 40.2 cm³/mol. The van der Waals surface area contributed by atoms with Gasteiger partial charge in [-0.05, 0) is 0 Å². The van der Waals surface area contributed by atoms with Gasteiger partial charge in [-0.25, -0.2) is 0 Å². The van der Waals surface area contributed by atoms with Crippen LogP contribution in [0.3, 0.4) is 0 Å². The fourth-order valence-corrected chi connectivity index (χ4v) is 0.719. The van der Waals surface area contributed by atoms with Gasteiger partial charge >= 0.3 is 6.01 Å². The van der Waals surface area contributed by atoms with Crippen LogP contribution in [0.15, 0.2) is 4.42 Å². The quantitative estimate of drug-likeness (QED) is 0.609. The van der Waals surface area contributed by atoms with Gasteiger partial charge in [0.15, 0.2) is 0 Å². The topological polar surface area (TPSA) is 26.0 Å². The normalized spacial score (nSPS) is 12.1. The van der Waals surface area contributed by atoms with Crippen molar-refractivity contribution in [2.75, 3.05) is 0 Å². The maximum atomic E-state index is 12.5. The number of rotatable bonds is 0. The second-order valence-electron chi connectivity index (χ2n) is 3.33. The van der Waals surface area contributed by atoms with E-state index >= 15 is 0 Å². The Bertz CT molecular complexity index is 244. The third kappa shape index (κ3) is 1.71. The van der Waals surface area contributed by atoms with Crippen LogP contribution in [-0.4, -0.2) is 4.98 Å². The van der Waals surface area contributed by atoms with Crippen LogP contribution >= 0.6 is 11.6 Å². The summed E-state index contributed by atoms with van der Waals surface area (Å²) in [4.78, 5) is 3.71. The average molecular weight is 178 g/mol. The van der Waals surface area contributed by atoms with Crippen LogP contribution in [-0.2, 0) is 5.41 Å². The minimum absolute atomic E-state index is 0.199. The smallest absolute Gasteiger partial charge is 0.317 e. The molecule has 0 radical (unpaired) electrons. The van der Waals surface area contributed by atoms with Gasteiger partial charge in [-0.15, -0.1) is 0 Å². The van der Waals surface area contributed by atoms with Gasteiger partial charge in [0, 0.05) is 5.41 Å². The lowest BCUT2D eigenvalue weighted by Gasteiger charge is -2.11. The minimum Gasteiger partial charge on any atom is -0.414 e. The van der Waals surface area contributed by atoms with Crippen molar-refractivity contribution in [2.45, 2.75) is 26.2 Å². The first kappa shape index (κ1) is 8.53.